The lowest BCUT2D eigenvalue weighted by atomic mass is 10.00. The number of likely N-dealkylation sites (N-methyl/N-ethyl adjacent to an activating group) is 2. The molecule has 3 aliphatic rings. The molecule has 7 N–H and O–H groups in total. The number of nitrogens with two attached hydrogens (primary N) is 1. The number of aromatic hydroxyl groups is 1. The van der Waals surface area contributed by atoms with Gasteiger partial charge in [0.15, 0.2) is 34.5 Å². The van der Waals surface area contributed by atoms with Gasteiger partial charge in [-0.1, -0.05) is 36.4 Å². The van der Waals surface area contributed by atoms with Gasteiger partial charge in [0.1, 0.15) is 23.2 Å². The van der Waals surface area contributed by atoms with E-state index in [1.165, 1.54) is 115 Å². The summed E-state index contributed by atoms with van der Waals surface area (Å²) in [6.45, 7) is 9.54. The average Bonchev–Trinajstić information content (AvgIpc) is 1.62. The number of nitrogens with zero attached hydrogens (tertiary/aromatic N) is 7. The Morgan fingerprint density at radius 2 is 0.768 bits per heavy atom. The number of carbonyl (C=O) groups excluding carboxylic acids is 7. The highest BCUT2D eigenvalue weighted by molar-refractivity contribution is 6.83. The molecule has 738 valence electrons. The third-order valence-corrected chi connectivity index (χ3v) is 22.1. The van der Waals surface area contributed by atoms with E-state index in [9.17, 15) is 72.1 Å². The molecule has 0 fully saturated rings. The van der Waals surface area contributed by atoms with Gasteiger partial charge in [-0.25, -0.2) is 22.8 Å². The number of Topliss-reactive ketones (excluding diaryl/α,β-unsaturated/α-hetero) is 1. The lowest BCUT2D eigenvalue weighted by molar-refractivity contribution is -0.385. The van der Waals surface area contributed by atoms with Crippen LogP contribution in [0.3, 0.4) is 0 Å². The van der Waals surface area contributed by atoms with Crippen LogP contribution in [-0.2, 0) is 38.8 Å². The van der Waals surface area contributed by atoms with E-state index in [4.69, 9.17) is 60.0 Å². The fourth-order valence-electron chi connectivity index (χ4n) is 14.8. The number of ether oxygens (including phenoxy) is 9. The molecule has 3 aliphatic carbocycles. The molecule has 0 radical (unpaired) electrons. The van der Waals surface area contributed by atoms with E-state index in [1.807, 2.05) is 102 Å². The maximum absolute atomic E-state index is 14.4. The number of pyridine rings is 3. The van der Waals surface area contributed by atoms with Crippen molar-refractivity contribution in [3.63, 3.8) is 0 Å². The highest BCUT2D eigenvalue weighted by Crippen LogP contribution is 2.50. The Labute approximate surface area is 821 Å². The minimum absolute atomic E-state index is 0.0371. The maximum atomic E-state index is 14.4. The Morgan fingerprint density at radius 1 is 0.437 bits per heavy atom. The van der Waals surface area contributed by atoms with Crippen LogP contribution < -0.4 is 69.6 Å². The summed E-state index contributed by atoms with van der Waals surface area (Å²) in [5.74, 6) is -1.09. The molecule has 14 rings (SSSR count). The van der Waals surface area contributed by atoms with Crippen LogP contribution in [0.2, 0.25) is 0 Å². The number of allylic oxidation sites excluding steroid dienone is 6. The zero-order valence-electron chi connectivity index (χ0n) is 79.8. The number of phenols is 1. The first-order valence-corrected chi connectivity index (χ1v) is 44.1. The van der Waals surface area contributed by atoms with Gasteiger partial charge in [-0.05, 0) is 311 Å². The Morgan fingerprint density at radius 3 is 1.06 bits per heavy atom. The summed E-state index contributed by atoms with van der Waals surface area (Å²) < 4.78 is 91.6. The summed E-state index contributed by atoms with van der Waals surface area (Å²) in [5, 5.41) is 41.6. The van der Waals surface area contributed by atoms with E-state index >= 15 is 0 Å². The second-order valence-electron chi connectivity index (χ2n) is 32.1. The topological polar surface area (TPSA) is 428 Å². The molecule has 37 heteroatoms. The van der Waals surface area contributed by atoms with Crippen molar-refractivity contribution in [3.05, 3.63) is 340 Å². The number of fused-ring (bicyclic) bond motifs is 3. The van der Waals surface area contributed by atoms with Crippen molar-refractivity contribution in [1.29, 1.82) is 0 Å². The van der Waals surface area contributed by atoms with Crippen LogP contribution in [0.4, 0.5) is 34.1 Å². The predicted molar refractivity (Wildman–Crippen MR) is 531 cm³/mol. The molecule has 0 spiro atoms. The third-order valence-electron chi connectivity index (χ3n) is 22.0. The number of hydrogen-bond acceptors (Lipinski definition) is 27. The van der Waals surface area contributed by atoms with E-state index in [2.05, 4.69) is 41.1 Å². The van der Waals surface area contributed by atoms with Crippen LogP contribution in [-0.4, -0.2) is 178 Å². The highest BCUT2D eigenvalue weighted by Gasteiger charge is 2.32. The van der Waals surface area contributed by atoms with Gasteiger partial charge in [0.2, 0.25) is 40.8 Å². The van der Waals surface area contributed by atoms with Crippen LogP contribution in [0.5, 0.6) is 57.5 Å². The van der Waals surface area contributed by atoms with E-state index < -0.39 is 38.9 Å². The largest absolute Gasteiger partial charge is 0.519 e. The highest BCUT2D eigenvalue weighted by atomic mass is 35.5. The molecule has 3 aromatic heterocycles. The van der Waals surface area contributed by atoms with Crippen LogP contribution in [0.25, 0.3) is 51.7 Å². The van der Waals surface area contributed by atoms with Crippen molar-refractivity contribution in [2.24, 2.45) is 5.73 Å². The summed E-state index contributed by atoms with van der Waals surface area (Å²) in [4.78, 5) is 121. The van der Waals surface area contributed by atoms with Gasteiger partial charge in [0.25, 0.3) is 16.6 Å². The lowest BCUT2D eigenvalue weighted by Gasteiger charge is -2.16. The van der Waals surface area contributed by atoms with Gasteiger partial charge in [-0.3, -0.25) is 59.2 Å². The molecule has 0 aliphatic heterocycles. The second kappa shape index (κ2) is 51.6. The van der Waals surface area contributed by atoms with Gasteiger partial charge in [0, 0.05) is 113 Å². The fourth-order valence-corrected chi connectivity index (χ4v) is 15.0. The molecule has 0 bridgehead atoms. The summed E-state index contributed by atoms with van der Waals surface area (Å²) in [7, 11) is 16.5. The van der Waals surface area contributed by atoms with Crippen LogP contribution in [0.15, 0.2) is 230 Å². The van der Waals surface area contributed by atoms with Gasteiger partial charge in [-0.15, -0.1) is 0 Å². The minimum atomic E-state index is -1.12. The molecule has 33 nitrogen and oxygen atoms in total. The summed E-state index contributed by atoms with van der Waals surface area (Å²) >= 11 is 4.94. The number of carbonyl (C=O) groups is 7. The van der Waals surface area contributed by atoms with Gasteiger partial charge >= 0.3 is 12.2 Å². The smallest absolute Gasteiger partial charge is 0.502 e. The van der Waals surface area contributed by atoms with Crippen molar-refractivity contribution >= 4 is 116 Å². The zero-order chi connectivity index (χ0) is 103. The number of methoxy groups -OCH3 is 6. The molecule has 0 saturated heterocycles. The Hall–Kier alpha value is -16.7. The first-order chi connectivity index (χ1) is 68.0. The molecule has 0 saturated carbocycles. The Kier molecular flexibility index (Phi) is 39.0. The molecule has 8 aromatic carbocycles. The molecular formula is C105H104ClF3N12O21. The van der Waals surface area contributed by atoms with Crippen molar-refractivity contribution in [3.8, 4) is 57.5 Å². The first kappa shape index (κ1) is 107. The number of amides is 4. The molecule has 4 amide bonds. The van der Waals surface area contributed by atoms with Crippen LogP contribution in [0, 0.1) is 37.7 Å². The molecule has 3 heterocycles. The summed E-state index contributed by atoms with van der Waals surface area (Å²) in [6.07, 6.45) is 14.2. The number of ketones is 1. The normalized spacial score (nSPS) is 12.7. The average molecular weight is 1960 g/mol. The van der Waals surface area contributed by atoms with Gasteiger partial charge in [-0.2, -0.15) is 0 Å². The third kappa shape index (κ3) is 29.4. The number of aromatic nitrogens is 3. The van der Waals surface area contributed by atoms with Crippen LogP contribution in [0.1, 0.15) is 117 Å². The van der Waals surface area contributed by atoms with Crippen molar-refractivity contribution in [2.75, 3.05) is 97.0 Å². The number of rotatable bonds is 33. The number of benzene rings is 8. The number of halogens is 4. The lowest BCUT2D eigenvalue weighted by Crippen LogP contribution is -2.33. The number of nitro benzene ring substituents is 2. The van der Waals surface area contributed by atoms with Gasteiger partial charge in [0.05, 0.1) is 71.8 Å². The van der Waals surface area contributed by atoms with E-state index in [0.29, 0.717) is 77.6 Å². The molecule has 11 aromatic rings. The quantitative estimate of drug-likeness (QED) is 0.00423. The molecular weight excluding hydrogens is 1860 g/mol. The number of phenolic OH excluding ortho intramolecular Hbond substituents is 1. The zero-order valence-corrected chi connectivity index (χ0v) is 80.6. The van der Waals surface area contributed by atoms with Crippen molar-refractivity contribution in [1.82, 2.24) is 46.0 Å². The van der Waals surface area contributed by atoms with Gasteiger partial charge < -0.3 is 84.5 Å². The maximum Gasteiger partial charge on any atom is 0.519 e. The molecule has 0 unspecified atom stereocenters. The molecule has 142 heavy (non-hydrogen) atoms. The SMILES string of the molecule is CN(C)CCN.COc1cc(C=C2C(C)=C(CC(=O)NCc3cccnc3)c3cc(F)ccc32)cc(OC)c1O.COc1cc(C=C2C(C)=C(CC(=O)NCc3cccnc3)c3cc(F)ccc32)cc(OC)c1OC(=O)NCCN(C)C.COc1cc(C=C2C(C)=C(CC(=O)NCc3cccnc3)c3cc(F)ccc32)cc(OC)c1OC(=O)Oc1ccc([N+](=O)[O-])cc1.O=C(Cl)C(=O)c1ccc([N+](=O)[O-])cc1. The number of non-ortho nitro benzene ring substituents is 2. The first-order valence-electron chi connectivity index (χ1n) is 43.7. The standard InChI is InChI=1S/C34H28FN3O8.C32H35FN4O5.C27H25FN2O4.C8H4ClNO4.C4H12N2/c1-20-27(26-11-6-23(35)16-29(26)28(20)17-32(39)37-19-21-5-4-12-36-18-21)13-22-14-30(43-2)33(31(15-22)44-3)46-34(40)45-25-9-7-24(8-10-25)38(41)42;1-20-25(13-22-14-28(40-4)31(29(15-22)41-5)42-32(39)35-11-12-37(2)3)24-9-8-23(33)16-27(24)26(20)17-30(38)36-19-21-7-6-10-34-18-21;1-16-21(9-18-10-24(33-2)27(32)25(11-18)34-3)20-7-6-19(28)12-23(20)22(16)13-26(31)30-15-17-5-4-8-29-14-17;9-8(12)7(11)5-1-3-6(4-2-5)10(13)14;1-6(2)4-3-5/h4-16,18H,17,19H2,1-3H3,(H,37,39);6-10,13-16,18H,11-12,17,19H2,1-5H3,(H,35,39)(H,36,38);4-12,14,32H,13,15H2,1-3H3,(H,30,31);1-4H;3-5H2,1-2H3. The number of nitro groups is 2. The fraction of sp³-hybridized carbons (Fsp3) is 0.219. The number of nitrogens with one attached hydrogen (secondary N) is 4. The monoisotopic (exact) mass is 1960 g/mol. The van der Waals surface area contributed by atoms with E-state index in [1.54, 1.807) is 97.8 Å². The summed E-state index contributed by atoms with van der Waals surface area (Å²) in [5.41, 5.74) is 21.2. The van der Waals surface area contributed by atoms with Crippen LogP contribution >= 0.6 is 11.6 Å². The van der Waals surface area contributed by atoms with E-state index in [0.717, 1.165) is 109 Å². The number of hydrogen-bond donors (Lipinski definition) is 6. The summed E-state index contributed by atoms with van der Waals surface area (Å²) in [6, 6.07) is 44.3. The Bertz CT molecular complexity index is 6610. The van der Waals surface area contributed by atoms with E-state index in [-0.39, 0.29) is 112 Å². The van der Waals surface area contributed by atoms with Crippen molar-refractivity contribution < 1.29 is 104 Å². The second-order valence-corrected chi connectivity index (χ2v) is 32.4. The predicted octanol–water partition coefficient (Wildman–Crippen LogP) is 17.7. The molecule has 0 atom stereocenters. The minimum Gasteiger partial charge on any atom is -0.502 e. The van der Waals surface area contributed by atoms with Crippen molar-refractivity contribution in [2.45, 2.75) is 59.7 Å². The Balaban J connectivity index is 0.000000200.